The monoisotopic (exact) mass is 162 g/mol. The first-order valence-corrected chi connectivity index (χ1v) is 4.38. The summed E-state index contributed by atoms with van der Waals surface area (Å²) >= 11 is 0. The van der Waals surface area contributed by atoms with Crippen LogP contribution in [0.25, 0.3) is 0 Å². The van der Waals surface area contributed by atoms with E-state index in [4.69, 9.17) is 11.5 Å². The van der Waals surface area contributed by atoms with Crippen LogP contribution in [0.5, 0.6) is 0 Å². The van der Waals surface area contributed by atoms with Gasteiger partial charge in [-0.25, -0.2) is 0 Å². The van der Waals surface area contributed by atoms with E-state index in [9.17, 15) is 0 Å². The second-order valence-corrected chi connectivity index (χ2v) is 3.53. The number of hydrogen-bond donors (Lipinski definition) is 2. The number of rotatable bonds is 0. The molecule has 4 N–H and O–H groups in total. The molecule has 0 heterocycles. The van der Waals surface area contributed by atoms with Gasteiger partial charge in [0.25, 0.3) is 0 Å². The molecule has 0 unspecified atom stereocenters. The van der Waals surface area contributed by atoms with E-state index in [1.54, 1.807) is 0 Å². The minimum Gasteiger partial charge on any atom is -0.399 e. The standard InChI is InChI=1S/C10H14N2/c11-9-3-1-7-5-10(12)4-2-8(7)6-9/h1,3,6,10H,2,4-5,11-12H2/t10-/m0/s1. The summed E-state index contributed by atoms with van der Waals surface area (Å²) in [5, 5.41) is 0. The highest BCUT2D eigenvalue weighted by Gasteiger charge is 2.14. The molecule has 0 aromatic heterocycles. The van der Waals surface area contributed by atoms with Gasteiger partial charge in [-0.3, -0.25) is 0 Å². The van der Waals surface area contributed by atoms with E-state index in [0.29, 0.717) is 6.04 Å². The van der Waals surface area contributed by atoms with Crippen molar-refractivity contribution in [2.24, 2.45) is 5.73 Å². The van der Waals surface area contributed by atoms with Crippen LogP contribution < -0.4 is 11.5 Å². The summed E-state index contributed by atoms with van der Waals surface area (Å²) in [6.07, 6.45) is 3.19. The van der Waals surface area contributed by atoms with E-state index in [1.165, 1.54) is 11.1 Å². The fourth-order valence-electron chi connectivity index (χ4n) is 1.80. The van der Waals surface area contributed by atoms with E-state index >= 15 is 0 Å². The van der Waals surface area contributed by atoms with E-state index in [2.05, 4.69) is 12.1 Å². The highest BCUT2D eigenvalue weighted by molar-refractivity contribution is 5.45. The zero-order chi connectivity index (χ0) is 8.55. The SMILES string of the molecule is Nc1ccc2c(c1)CC[C@H](N)C2. The van der Waals surface area contributed by atoms with Crippen LogP contribution in [0.1, 0.15) is 17.5 Å². The normalized spacial score (nSPS) is 21.9. The van der Waals surface area contributed by atoms with Crippen LogP contribution in [-0.2, 0) is 12.8 Å². The van der Waals surface area contributed by atoms with Crippen LogP contribution in [0.4, 0.5) is 5.69 Å². The lowest BCUT2D eigenvalue weighted by Gasteiger charge is -2.21. The summed E-state index contributed by atoms with van der Waals surface area (Å²) in [7, 11) is 0. The fourth-order valence-corrected chi connectivity index (χ4v) is 1.80. The molecule has 1 aromatic carbocycles. The summed E-state index contributed by atoms with van der Waals surface area (Å²) < 4.78 is 0. The van der Waals surface area contributed by atoms with Crippen LogP contribution in [0.2, 0.25) is 0 Å². The van der Waals surface area contributed by atoms with Crippen LogP contribution in [0.3, 0.4) is 0 Å². The first-order chi connectivity index (χ1) is 5.75. The Balaban J connectivity index is 2.37. The van der Waals surface area contributed by atoms with Crippen molar-refractivity contribution in [3.8, 4) is 0 Å². The summed E-state index contributed by atoms with van der Waals surface area (Å²) in [4.78, 5) is 0. The van der Waals surface area contributed by atoms with Crippen LogP contribution in [-0.4, -0.2) is 6.04 Å². The average molecular weight is 162 g/mol. The Kier molecular flexibility index (Phi) is 1.77. The quantitative estimate of drug-likeness (QED) is 0.561. The Bertz CT molecular complexity index is 294. The van der Waals surface area contributed by atoms with Crippen molar-refractivity contribution < 1.29 is 0 Å². The first kappa shape index (κ1) is 7.62. The summed E-state index contributed by atoms with van der Waals surface area (Å²) in [5.41, 5.74) is 15.2. The van der Waals surface area contributed by atoms with E-state index in [0.717, 1.165) is 24.9 Å². The third kappa shape index (κ3) is 1.30. The minimum absolute atomic E-state index is 0.348. The largest absolute Gasteiger partial charge is 0.399 e. The third-order valence-corrected chi connectivity index (χ3v) is 2.50. The highest BCUT2D eigenvalue weighted by atomic mass is 14.6. The second-order valence-electron chi connectivity index (χ2n) is 3.53. The summed E-state index contributed by atoms with van der Waals surface area (Å²) in [6, 6.07) is 6.48. The number of nitrogen functional groups attached to an aromatic ring is 1. The first-order valence-electron chi connectivity index (χ1n) is 4.38. The number of benzene rings is 1. The topological polar surface area (TPSA) is 52.0 Å². The molecule has 0 fully saturated rings. The molecule has 1 aromatic rings. The Morgan fingerprint density at radius 1 is 1.25 bits per heavy atom. The van der Waals surface area contributed by atoms with Gasteiger partial charge in [-0.1, -0.05) is 6.07 Å². The maximum absolute atomic E-state index is 5.86. The maximum Gasteiger partial charge on any atom is 0.0316 e. The molecule has 2 nitrogen and oxygen atoms in total. The van der Waals surface area contributed by atoms with Crippen LogP contribution >= 0.6 is 0 Å². The van der Waals surface area contributed by atoms with Gasteiger partial charge in [-0.15, -0.1) is 0 Å². The lowest BCUT2D eigenvalue weighted by Crippen LogP contribution is -2.27. The smallest absolute Gasteiger partial charge is 0.0316 e. The molecule has 2 heteroatoms. The minimum atomic E-state index is 0.348. The molecular weight excluding hydrogens is 148 g/mol. The number of hydrogen-bond acceptors (Lipinski definition) is 2. The van der Waals surface area contributed by atoms with Crippen LogP contribution in [0.15, 0.2) is 18.2 Å². The maximum atomic E-state index is 5.86. The number of fused-ring (bicyclic) bond motifs is 1. The molecular formula is C10H14N2. The Morgan fingerprint density at radius 2 is 2.08 bits per heavy atom. The highest BCUT2D eigenvalue weighted by Crippen LogP contribution is 2.22. The van der Waals surface area contributed by atoms with Crippen molar-refractivity contribution in [3.05, 3.63) is 29.3 Å². The zero-order valence-corrected chi connectivity index (χ0v) is 7.09. The third-order valence-electron chi connectivity index (χ3n) is 2.50. The van der Waals surface area contributed by atoms with Gasteiger partial charge < -0.3 is 11.5 Å². The van der Waals surface area contributed by atoms with Crippen molar-refractivity contribution in [2.75, 3.05) is 5.73 Å². The molecule has 0 saturated carbocycles. The Labute approximate surface area is 72.6 Å². The van der Waals surface area contributed by atoms with Crippen LogP contribution in [0, 0.1) is 0 Å². The molecule has 0 amide bonds. The average Bonchev–Trinajstić information content (AvgIpc) is 2.05. The molecule has 1 atom stereocenters. The molecule has 64 valence electrons. The van der Waals surface area contributed by atoms with Crippen molar-refractivity contribution in [1.29, 1.82) is 0 Å². The molecule has 1 aliphatic rings. The summed E-state index contributed by atoms with van der Waals surface area (Å²) in [6.45, 7) is 0. The van der Waals surface area contributed by atoms with Gasteiger partial charge in [0.1, 0.15) is 0 Å². The molecule has 0 bridgehead atoms. The van der Waals surface area contributed by atoms with Gasteiger partial charge in [0, 0.05) is 11.7 Å². The number of nitrogens with two attached hydrogens (primary N) is 2. The van der Waals surface area contributed by atoms with Gasteiger partial charge in [0.2, 0.25) is 0 Å². The van der Waals surface area contributed by atoms with Crippen molar-refractivity contribution in [1.82, 2.24) is 0 Å². The van der Waals surface area contributed by atoms with Gasteiger partial charge in [-0.2, -0.15) is 0 Å². The van der Waals surface area contributed by atoms with Crippen molar-refractivity contribution in [2.45, 2.75) is 25.3 Å². The lowest BCUT2D eigenvalue weighted by atomic mass is 9.88. The van der Waals surface area contributed by atoms with E-state index < -0.39 is 0 Å². The molecule has 2 rings (SSSR count). The molecule has 0 saturated heterocycles. The van der Waals surface area contributed by atoms with E-state index in [-0.39, 0.29) is 0 Å². The summed E-state index contributed by atoms with van der Waals surface area (Å²) in [5.74, 6) is 0. The molecule has 0 radical (unpaired) electrons. The van der Waals surface area contributed by atoms with Gasteiger partial charge in [0.15, 0.2) is 0 Å². The van der Waals surface area contributed by atoms with Gasteiger partial charge in [0.05, 0.1) is 0 Å². The number of anilines is 1. The lowest BCUT2D eigenvalue weighted by molar-refractivity contribution is 0.577. The fraction of sp³-hybridized carbons (Fsp3) is 0.400. The zero-order valence-electron chi connectivity index (χ0n) is 7.09. The molecule has 1 aliphatic carbocycles. The molecule has 0 spiro atoms. The molecule has 0 aliphatic heterocycles. The second kappa shape index (κ2) is 2.79. The van der Waals surface area contributed by atoms with Crippen molar-refractivity contribution >= 4 is 5.69 Å². The number of aryl methyl sites for hydroxylation is 1. The Hall–Kier alpha value is -1.02. The predicted octanol–water partition coefficient (Wildman–Crippen LogP) is 1.08. The van der Waals surface area contributed by atoms with E-state index in [1.807, 2.05) is 6.07 Å². The van der Waals surface area contributed by atoms with Gasteiger partial charge >= 0.3 is 0 Å². The molecule has 12 heavy (non-hydrogen) atoms. The Morgan fingerprint density at radius 3 is 2.92 bits per heavy atom. The predicted molar refractivity (Wildman–Crippen MR) is 50.9 cm³/mol. The van der Waals surface area contributed by atoms with Gasteiger partial charge in [-0.05, 0) is 42.5 Å². The van der Waals surface area contributed by atoms with Crippen molar-refractivity contribution in [3.63, 3.8) is 0 Å².